The molecular formula is C110H64BN5. The Morgan fingerprint density at radius 3 is 0.940 bits per heavy atom. The van der Waals surface area contributed by atoms with E-state index in [-0.39, 0.29) is 6.71 Å². The lowest BCUT2D eigenvalue weighted by Crippen LogP contribution is -2.61. The smallest absolute Gasteiger partial charge is 0.252 e. The van der Waals surface area contributed by atoms with E-state index in [4.69, 9.17) is 0 Å². The van der Waals surface area contributed by atoms with Crippen LogP contribution < -0.4 is 26.2 Å². The summed E-state index contributed by atoms with van der Waals surface area (Å²) in [5, 5.41) is 9.93. The second-order valence-corrected chi connectivity index (χ2v) is 32.7. The summed E-state index contributed by atoms with van der Waals surface area (Å²) in [6, 6.07) is 150. The van der Waals surface area contributed by atoms with Gasteiger partial charge in [0.15, 0.2) is 0 Å². The van der Waals surface area contributed by atoms with E-state index in [1.807, 2.05) is 0 Å². The van der Waals surface area contributed by atoms with Crippen molar-refractivity contribution in [2.45, 2.75) is 10.8 Å². The molecule has 2 aliphatic heterocycles. The summed E-state index contributed by atoms with van der Waals surface area (Å²) in [5.41, 5.74) is 42.4. The van der Waals surface area contributed by atoms with Crippen LogP contribution in [0.15, 0.2) is 388 Å². The van der Waals surface area contributed by atoms with Crippen LogP contribution in [0.1, 0.15) is 44.5 Å². The number of anilines is 6. The fourth-order valence-corrected chi connectivity index (χ4v) is 23.6. The molecule has 22 aromatic rings. The molecule has 0 saturated heterocycles. The molecule has 28 rings (SSSR count). The fraction of sp³-hybridized carbons (Fsp3) is 0.0182. The molecule has 6 aliphatic rings. The Hall–Kier alpha value is -15.0. The molecule has 18 aromatic carbocycles. The monoisotopic (exact) mass is 1470 g/mol. The average molecular weight is 1470 g/mol. The number of aromatic nitrogens is 3. The van der Waals surface area contributed by atoms with Gasteiger partial charge in [-0.3, -0.25) is 0 Å². The second-order valence-electron chi connectivity index (χ2n) is 32.7. The van der Waals surface area contributed by atoms with Gasteiger partial charge < -0.3 is 23.3 Å². The second kappa shape index (κ2) is 22.0. The van der Waals surface area contributed by atoms with Crippen molar-refractivity contribution < 1.29 is 0 Å². The summed E-state index contributed by atoms with van der Waals surface area (Å²) in [5.74, 6) is 0. The summed E-state index contributed by atoms with van der Waals surface area (Å²) in [7, 11) is 0. The molecule has 0 unspecified atom stereocenters. The quantitative estimate of drug-likeness (QED) is 0.160. The molecule has 6 heteroatoms. The molecule has 532 valence electrons. The number of nitrogens with zero attached hydrogens (tertiary/aromatic N) is 5. The first-order valence-electron chi connectivity index (χ1n) is 40.7. The molecule has 4 aromatic heterocycles. The first-order chi connectivity index (χ1) is 57.6. The molecule has 0 fully saturated rings. The van der Waals surface area contributed by atoms with Crippen molar-refractivity contribution >= 4 is 139 Å². The van der Waals surface area contributed by atoms with Gasteiger partial charge in [-0.25, -0.2) is 0 Å². The minimum Gasteiger partial charge on any atom is -0.311 e. The first kappa shape index (κ1) is 61.7. The van der Waals surface area contributed by atoms with Gasteiger partial charge >= 0.3 is 0 Å². The zero-order chi connectivity index (χ0) is 75.1. The number of hydrogen-bond acceptors (Lipinski definition) is 2. The molecule has 6 heterocycles. The molecule has 116 heavy (non-hydrogen) atoms. The van der Waals surface area contributed by atoms with E-state index >= 15 is 0 Å². The van der Waals surface area contributed by atoms with Crippen LogP contribution in [0.5, 0.6) is 0 Å². The summed E-state index contributed by atoms with van der Waals surface area (Å²) < 4.78 is 7.57. The van der Waals surface area contributed by atoms with E-state index in [2.05, 4.69) is 412 Å². The molecule has 0 radical (unpaired) electrons. The predicted molar refractivity (Wildman–Crippen MR) is 482 cm³/mol. The van der Waals surface area contributed by atoms with Crippen LogP contribution in [-0.4, -0.2) is 20.2 Å². The maximum atomic E-state index is 2.78. The number of benzene rings is 18. The van der Waals surface area contributed by atoms with Crippen LogP contribution in [0.3, 0.4) is 0 Å². The molecule has 5 nitrogen and oxygen atoms in total. The van der Waals surface area contributed by atoms with Crippen LogP contribution in [0.4, 0.5) is 34.1 Å². The van der Waals surface area contributed by atoms with Crippen LogP contribution in [0, 0.1) is 0 Å². The molecular weight excluding hydrogens is 1400 g/mol. The first-order valence-corrected chi connectivity index (χ1v) is 40.7. The van der Waals surface area contributed by atoms with Crippen molar-refractivity contribution in [3.63, 3.8) is 0 Å². The van der Waals surface area contributed by atoms with Crippen LogP contribution >= 0.6 is 0 Å². The lowest BCUT2D eigenvalue weighted by Gasteiger charge is -2.46. The van der Waals surface area contributed by atoms with E-state index in [0.29, 0.717) is 0 Å². The van der Waals surface area contributed by atoms with Crippen molar-refractivity contribution in [3.8, 4) is 67.0 Å². The number of rotatable bonds is 5. The Balaban J connectivity index is 0.810. The van der Waals surface area contributed by atoms with E-state index in [9.17, 15) is 0 Å². The Kier molecular flexibility index (Phi) is 11.7. The molecule has 0 amide bonds. The normalized spacial score (nSPS) is 14.3. The lowest BCUT2D eigenvalue weighted by atomic mass is 9.33. The summed E-state index contributed by atoms with van der Waals surface area (Å²) in [6.07, 6.45) is 0. The third-order valence-electron chi connectivity index (χ3n) is 27.7. The summed E-state index contributed by atoms with van der Waals surface area (Å²) in [4.78, 5) is 5.55. The van der Waals surface area contributed by atoms with Crippen molar-refractivity contribution in [1.29, 1.82) is 0 Å². The summed E-state index contributed by atoms with van der Waals surface area (Å²) >= 11 is 0. The highest BCUT2D eigenvalue weighted by molar-refractivity contribution is 7.00. The number of fused-ring (bicyclic) bond motifs is 36. The Labute approximate surface area is 668 Å². The molecule has 2 spiro atoms. The third kappa shape index (κ3) is 7.38. The highest BCUT2D eigenvalue weighted by Gasteiger charge is 2.57. The number of hydrogen-bond donors (Lipinski definition) is 0. The van der Waals surface area contributed by atoms with Crippen molar-refractivity contribution in [1.82, 2.24) is 13.5 Å². The van der Waals surface area contributed by atoms with Crippen LogP contribution in [0.25, 0.3) is 149 Å². The molecule has 4 aliphatic carbocycles. The predicted octanol–water partition coefficient (Wildman–Crippen LogP) is 25.5. The van der Waals surface area contributed by atoms with Crippen molar-refractivity contribution in [2.24, 2.45) is 0 Å². The Morgan fingerprint density at radius 1 is 0.207 bits per heavy atom. The maximum Gasteiger partial charge on any atom is 0.252 e. The third-order valence-corrected chi connectivity index (χ3v) is 27.7. The highest BCUT2D eigenvalue weighted by atomic mass is 15.2. The molecule has 0 atom stereocenters. The van der Waals surface area contributed by atoms with Gasteiger partial charge in [-0.2, -0.15) is 0 Å². The largest absolute Gasteiger partial charge is 0.311 e. The summed E-state index contributed by atoms with van der Waals surface area (Å²) in [6.45, 7) is -0.283. The average Bonchev–Trinajstić information content (AvgIpc) is 1.33. The fourth-order valence-electron chi connectivity index (χ4n) is 23.6. The van der Waals surface area contributed by atoms with Gasteiger partial charge in [-0.15, -0.1) is 0 Å². The Bertz CT molecular complexity index is 7610. The minimum atomic E-state index is -0.708. The van der Waals surface area contributed by atoms with Crippen molar-refractivity contribution in [3.05, 3.63) is 433 Å². The molecule has 0 N–H and O–H groups in total. The van der Waals surface area contributed by atoms with Gasteiger partial charge in [0.2, 0.25) is 0 Å². The maximum absolute atomic E-state index is 2.78. The zero-order valence-corrected chi connectivity index (χ0v) is 62.8. The SMILES string of the molecule is c1ccc2c(c1)-c1ccccc1C21c2ccccc2-c2cccc(N3c4cc(-n5c6ccccc6c6ccccc65)ccc4B4c5ccc(-n6c7ccccc7c7ccccc76)cc5N(c5cccc6c5C5(c7ccccc7-c7ccccc75)c5ccccc5-6)c5cc(-c6ccc7c(c6)c6cccc8c9ccccc9n7c86)cc3c54)c21. The van der Waals surface area contributed by atoms with Gasteiger partial charge in [0, 0.05) is 88.3 Å². The molecule has 0 saturated carbocycles. The van der Waals surface area contributed by atoms with Gasteiger partial charge in [0.1, 0.15) is 0 Å². The van der Waals surface area contributed by atoms with Crippen LogP contribution in [-0.2, 0) is 10.8 Å². The Morgan fingerprint density at radius 2 is 0.526 bits per heavy atom. The van der Waals surface area contributed by atoms with Gasteiger partial charge in [0.25, 0.3) is 6.71 Å². The zero-order valence-electron chi connectivity index (χ0n) is 62.8. The number of para-hydroxylation sites is 6. The van der Waals surface area contributed by atoms with Gasteiger partial charge in [-0.1, -0.05) is 297 Å². The van der Waals surface area contributed by atoms with E-state index in [1.165, 1.54) is 187 Å². The van der Waals surface area contributed by atoms with E-state index in [0.717, 1.165) is 56.6 Å². The lowest BCUT2D eigenvalue weighted by molar-refractivity contribution is 0.792. The molecule has 0 bridgehead atoms. The van der Waals surface area contributed by atoms with Crippen LogP contribution in [0.2, 0.25) is 0 Å². The topological polar surface area (TPSA) is 20.8 Å². The highest BCUT2D eigenvalue weighted by Crippen LogP contribution is 2.68. The standard InChI is InChI=1S/C110H64BN5/c1-12-41-85-69(26-1)70-27-2-13-42-86(70)109(85)89-45-16-5-30-73(89)80-37-24-52-99(105(80)109)114-101-63-67(112-93-47-18-7-32-75(93)76-33-8-19-48-94(76)112)55-57-91(101)111-92-58-56-68(113-95-49-20-9-34-77(95)78-35-10-21-50-96(78)113)64-102(92)115(100-53-25-38-81-74-31-6-17-46-90(74)110(106(81)100)87-43-14-3-28-71(87)72-29-4-15-44-88(72)110)104-62-66(61-103(114)107(104)111)65-54-59-98-84(60-65)83-40-23-39-82-79-36-11-22-51-97(79)116(98)108(82)83/h1-64H. The van der Waals surface area contributed by atoms with E-state index < -0.39 is 10.8 Å². The minimum absolute atomic E-state index is 0.283. The van der Waals surface area contributed by atoms with Gasteiger partial charge in [-0.05, 0) is 196 Å². The van der Waals surface area contributed by atoms with Gasteiger partial charge in [0.05, 0.1) is 60.8 Å². The van der Waals surface area contributed by atoms with E-state index in [1.54, 1.807) is 0 Å². The van der Waals surface area contributed by atoms with Crippen molar-refractivity contribution in [2.75, 3.05) is 9.80 Å².